The van der Waals surface area contributed by atoms with Gasteiger partial charge in [0.2, 0.25) is 10.0 Å². The smallest absolute Gasteiger partial charge is 0.253 e. The molecule has 5 nitrogen and oxygen atoms in total. The van der Waals surface area contributed by atoms with E-state index in [0.29, 0.717) is 17.8 Å². The fraction of sp³-hybridized carbons (Fsp3) is 0.278. The molecule has 2 aromatic carbocycles. The highest BCUT2D eigenvalue weighted by Gasteiger charge is 2.19. The minimum absolute atomic E-state index is 0.282. The highest BCUT2D eigenvalue weighted by Crippen LogP contribution is 2.21. The number of carbonyl (C=O) groups excluding carboxylic acids is 1. The molecule has 2 aromatic rings. The summed E-state index contributed by atoms with van der Waals surface area (Å²) in [5.74, 6) is 0.453. The number of aryl methyl sites for hydroxylation is 1. The van der Waals surface area contributed by atoms with Crippen LogP contribution < -0.4 is 9.62 Å². The predicted molar refractivity (Wildman–Crippen MR) is 104 cm³/mol. The second-order valence-electron chi connectivity index (χ2n) is 5.67. The molecule has 0 spiro atoms. The van der Waals surface area contributed by atoms with E-state index in [1.807, 2.05) is 6.92 Å². The molecular weight excluding hydrogens is 356 g/mol. The van der Waals surface area contributed by atoms with Gasteiger partial charge in [-0.15, -0.1) is 11.8 Å². The summed E-state index contributed by atoms with van der Waals surface area (Å²) < 4.78 is 24.6. The maximum Gasteiger partial charge on any atom is 0.253 e. The van der Waals surface area contributed by atoms with Crippen LogP contribution in [0.4, 0.5) is 5.69 Å². The minimum Gasteiger partial charge on any atom is -0.351 e. The molecule has 0 aromatic heterocycles. The van der Waals surface area contributed by atoms with Crippen LogP contribution in [0.5, 0.6) is 0 Å². The lowest BCUT2D eigenvalue weighted by Gasteiger charge is -2.19. The molecule has 0 aliphatic heterocycles. The van der Waals surface area contributed by atoms with Gasteiger partial charge < -0.3 is 5.32 Å². The van der Waals surface area contributed by atoms with Crippen molar-refractivity contribution in [1.82, 2.24) is 5.32 Å². The Bertz CT molecular complexity index is 834. The number of benzene rings is 2. The van der Waals surface area contributed by atoms with Gasteiger partial charge in [-0.25, -0.2) is 8.42 Å². The summed E-state index contributed by atoms with van der Waals surface area (Å²) >= 11 is 1.66. The standard InChI is InChI=1S/C18H22N2O3S2/c1-14-8-10-15(11-9-14)24-13-12-19-18(21)16-6-4-5-7-17(16)20(2)25(3,22)23/h4-11H,12-13H2,1-3H3,(H,19,21). The van der Waals surface area contributed by atoms with Gasteiger partial charge in [-0.1, -0.05) is 29.8 Å². The first kappa shape index (κ1) is 19.3. The Kier molecular flexibility index (Phi) is 6.50. The van der Waals surface area contributed by atoms with E-state index in [-0.39, 0.29) is 5.91 Å². The van der Waals surface area contributed by atoms with E-state index < -0.39 is 10.0 Å². The summed E-state index contributed by atoms with van der Waals surface area (Å²) in [7, 11) is -1.99. The molecule has 0 heterocycles. The number of rotatable bonds is 7. The van der Waals surface area contributed by atoms with Crippen LogP contribution in [0.25, 0.3) is 0 Å². The fourth-order valence-electron chi connectivity index (χ4n) is 2.18. The number of nitrogens with one attached hydrogen (secondary N) is 1. The normalized spacial score (nSPS) is 11.2. The van der Waals surface area contributed by atoms with Crippen LogP contribution in [0.3, 0.4) is 0 Å². The van der Waals surface area contributed by atoms with Crippen LogP contribution in [-0.4, -0.2) is 39.9 Å². The van der Waals surface area contributed by atoms with Crippen molar-refractivity contribution in [3.05, 3.63) is 59.7 Å². The van der Waals surface area contributed by atoms with E-state index >= 15 is 0 Å². The van der Waals surface area contributed by atoms with Gasteiger partial charge in [0.15, 0.2) is 0 Å². The lowest BCUT2D eigenvalue weighted by atomic mass is 10.1. The van der Waals surface area contributed by atoms with Crippen LogP contribution in [0, 0.1) is 6.92 Å². The zero-order valence-corrected chi connectivity index (χ0v) is 16.2. The van der Waals surface area contributed by atoms with Crippen LogP contribution in [0.1, 0.15) is 15.9 Å². The highest BCUT2D eigenvalue weighted by molar-refractivity contribution is 7.99. The average molecular weight is 379 g/mol. The number of carbonyl (C=O) groups is 1. The molecule has 2 rings (SSSR count). The van der Waals surface area contributed by atoms with Crippen molar-refractivity contribution in [2.24, 2.45) is 0 Å². The number of thioether (sulfide) groups is 1. The summed E-state index contributed by atoms with van der Waals surface area (Å²) in [5, 5.41) is 2.85. The Labute approximate surface area is 153 Å². The maximum atomic E-state index is 12.4. The molecule has 0 saturated heterocycles. The van der Waals surface area contributed by atoms with Crippen molar-refractivity contribution in [2.75, 3.05) is 29.9 Å². The SMILES string of the molecule is Cc1ccc(SCCNC(=O)c2ccccc2N(C)S(C)(=O)=O)cc1. The second kappa shape index (κ2) is 8.40. The first-order chi connectivity index (χ1) is 11.8. The molecule has 0 unspecified atom stereocenters. The lowest BCUT2D eigenvalue weighted by molar-refractivity contribution is 0.0957. The van der Waals surface area contributed by atoms with Gasteiger partial charge in [-0.2, -0.15) is 0 Å². The van der Waals surface area contributed by atoms with Crippen molar-refractivity contribution in [2.45, 2.75) is 11.8 Å². The molecule has 0 bridgehead atoms. The number of hydrogen-bond acceptors (Lipinski definition) is 4. The van der Waals surface area contributed by atoms with Gasteiger partial charge >= 0.3 is 0 Å². The Morgan fingerprint density at radius 3 is 2.40 bits per heavy atom. The predicted octanol–water partition coefficient (Wildman–Crippen LogP) is 2.91. The third kappa shape index (κ3) is 5.51. The first-order valence-corrected chi connectivity index (χ1v) is 10.6. The zero-order valence-electron chi connectivity index (χ0n) is 14.5. The van der Waals surface area contributed by atoms with Crippen molar-refractivity contribution >= 4 is 33.4 Å². The third-order valence-corrected chi connectivity index (χ3v) is 5.87. The van der Waals surface area contributed by atoms with Gasteiger partial charge in [-0.3, -0.25) is 9.10 Å². The summed E-state index contributed by atoms with van der Waals surface area (Å²) in [6, 6.07) is 14.9. The number of anilines is 1. The summed E-state index contributed by atoms with van der Waals surface area (Å²) in [6.07, 6.45) is 1.11. The largest absolute Gasteiger partial charge is 0.351 e. The van der Waals surface area contributed by atoms with Crippen LogP contribution in [0.15, 0.2) is 53.4 Å². The van der Waals surface area contributed by atoms with Crippen molar-refractivity contribution < 1.29 is 13.2 Å². The zero-order chi connectivity index (χ0) is 18.4. The molecule has 0 aliphatic carbocycles. The lowest BCUT2D eigenvalue weighted by Crippen LogP contribution is -2.30. The highest BCUT2D eigenvalue weighted by atomic mass is 32.2. The van der Waals surface area contributed by atoms with Crippen molar-refractivity contribution in [3.63, 3.8) is 0 Å². The number of para-hydroxylation sites is 1. The first-order valence-electron chi connectivity index (χ1n) is 7.79. The topological polar surface area (TPSA) is 66.5 Å². The molecule has 0 aliphatic rings. The Morgan fingerprint density at radius 2 is 1.76 bits per heavy atom. The quantitative estimate of drug-likeness (QED) is 0.594. The maximum absolute atomic E-state index is 12.4. The van der Waals surface area contributed by atoms with Gasteiger partial charge in [-0.05, 0) is 31.2 Å². The monoisotopic (exact) mass is 378 g/mol. The van der Waals surface area contributed by atoms with E-state index in [1.54, 1.807) is 36.0 Å². The van der Waals surface area contributed by atoms with E-state index in [1.165, 1.54) is 12.6 Å². The molecular formula is C18H22N2O3S2. The van der Waals surface area contributed by atoms with Crippen molar-refractivity contribution in [3.8, 4) is 0 Å². The van der Waals surface area contributed by atoms with Gasteiger partial charge in [0, 0.05) is 24.2 Å². The summed E-state index contributed by atoms with van der Waals surface area (Å²) in [6.45, 7) is 2.54. The molecule has 0 fully saturated rings. The van der Waals surface area contributed by atoms with E-state index in [0.717, 1.165) is 21.2 Å². The van der Waals surface area contributed by atoms with E-state index in [4.69, 9.17) is 0 Å². The second-order valence-corrected chi connectivity index (χ2v) is 8.85. The van der Waals surface area contributed by atoms with Crippen LogP contribution in [0.2, 0.25) is 0 Å². The van der Waals surface area contributed by atoms with Crippen LogP contribution >= 0.6 is 11.8 Å². The molecule has 1 amide bonds. The minimum atomic E-state index is -3.43. The Hall–Kier alpha value is -1.99. The van der Waals surface area contributed by atoms with Gasteiger partial charge in [0.25, 0.3) is 5.91 Å². The third-order valence-electron chi connectivity index (χ3n) is 3.66. The Morgan fingerprint density at radius 1 is 1.12 bits per heavy atom. The number of nitrogens with zero attached hydrogens (tertiary/aromatic N) is 1. The summed E-state index contributed by atoms with van der Waals surface area (Å²) in [5.41, 5.74) is 1.92. The molecule has 1 N–H and O–H groups in total. The average Bonchev–Trinajstić information content (AvgIpc) is 2.58. The number of amides is 1. The molecule has 0 saturated carbocycles. The number of sulfonamides is 1. The molecule has 0 radical (unpaired) electrons. The van der Waals surface area contributed by atoms with Gasteiger partial charge in [0.05, 0.1) is 17.5 Å². The number of hydrogen-bond donors (Lipinski definition) is 1. The molecule has 25 heavy (non-hydrogen) atoms. The van der Waals surface area contributed by atoms with E-state index in [9.17, 15) is 13.2 Å². The molecule has 0 atom stereocenters. The van der Waals surface area contributed by atoms with Crippen molar-refractivity contribution in [1.29, 1.82) is 0 Å². The van der Waals surface area contributed by atoms with Gasteiger partial charge in [0.1, 0.15) is 0 Å². The molecule has 134 valence electrons. The van der Waals surface area contributed by atoms with E-state index in [2.05, 4.69) is 29.6 Å². The molecule has 7 heteroatoms. The van der Waals surface area contributed by atoms with Crippen LogP contribution in [-0.2, 0) is 10.0 Å². The summed E-state index contributed by atoms with van der Waals surface area (Å²) in [4.78, 5) is 13.6. The Balaban J connectivity index is 1.96. The fourth-order valence-corrected chi connectivity index (χ4v) is 3.47.